The molecule has 0 unspecified atom stereocenters. The van der Waals surface area contributed by atoms with Gasteiger partial charge in [-0.25, -0.2) is 4.79 Å². The Kier molecular flexibility index (Phi) is 2.87. The van der Waals surface area contributed by atoms with E-state index in [0.29, 0.717) is 12.3 Å². The Morgan fingerprint density at radius 2 is 2.21 bits per heavy atom. The lowest BCUT2D eigenvalue weighted by atomic mass is 9.82. The lowest BCUT2D eigenvalue weighted by molar-refractivity contribution is -0.161. The van der Waals surface area contributed by atoms with Gasteiger partial charge in [-0.3, -0.25) is 4.79 Å². The van der Waals surface area contributed by atoms with Crippen molar-refractivity contribution in [3.63, 3.8) is 0 Å². The summed E-state index contributed by atoms with van der Waals surface area (Å²) in [6.45, 7) is 3.41. The Labute approximate surface area is 111 Å². The highest BCUT2D eigenvalue weighted by atomic mass is 16.4. The Hall–Kier alpha value is -1.40. The van der Waals surface area contributed by atoms with Gasteiger partial charge in [-0.2, -0.15) is 0 Å². The highest BCUT2D eigenvalue weighted by Gasteiger charge is 2.56. The van der Waals surface area contributed by atoms with Crippen molar-refractivity contribution in [2.45, 2.75) is 31.9 Å². The van der Waals surface area contributed by atoms with E-state index < -0.39 is 18.0 Å². The quantitative estimate of drug-likeness (QED) is 0.599. The molecule has 3 rings (SSSR count). The number of aliphatic hydroxyl groups is 1. The van der Waals surface area contributed by atoms with Crippen LogP contribution in [-0.4, -0.2) is 52.2 Å². The molecule has 3 aliphatic rings. The zero-order valence-electron chi connectivity index (χ0n) is 10.8. The molecule has 6 heteroatoms. The van der Waals surface area contributed by atoms with Crippen LogP contribution in [-0.2, 0) is 9.59 Å². The van der Waals surface area contributed by atoms with Crippen molar-refractivity contribution in [2.75, 3.05) is 13.1 Å². The molecule has 3 atom stereocenters. The zero-order valence-corrected chi connectivity index (χ0v) is 10.8. The number of nitrogens with one attached hydrogen (secondary N) is 1. The van der Waals surface area contributed by atoms with Crippen LogP contribution in [0.2, 0.25) is 0 Å². The van der Waals surface area contributed by atoms with Crippen LogP contribution in [0.3, 0.4) is 0 Å². The molecule has 104 valence electrons. The van der Waals surface area contributed by atoms with Crippen LogP contribution in [0, 0.1) is 11.8 Å². The van der Waals surface area contributed by atoms with Crippen molar-refractivity contribution in [1.29, 1.82) is 0 Å². The normalized spacial score (nSPS) is 31.9. The fourth-order valence-corrected chi connectivity index (χ4v) is 3.38. The first-order valence-corrected chi connectivity index (χ1v) is 6.68. The standard InChI is InChI=1S/C13H18N2O4/c1-6(16)10-9-3-8(2-7-4-14-5-7)11(13(18)19)15(9)12(10)17/h6-7,9-10,14,16H,2-5H2,1H3,(H,18,19)/t6-,9-,10-/m1/s1. The van der Waals surface area contributed by atoms with E-state index in [9.17, 15) is 19.8 Å². The van der Waals surface area contributed by atoms with Crippen molar-refractivity contribution in [3.8, 4) is 0 Å². The molecule has 0 aromatic rings. The molecule has 0 saturated carbocycles. The number of carbonyl (C=O) groups is 2. The molecule has 0 radical (unpaired) electrons. The minimum atomic E-state index is -1.03. The Morgan fingerprint density at radius 3 is 2.68 bits per heavy atom. The molecule has 0 aromatic carbocycles. The van der Waals surface area contributed by atoms with Gasteiger partial charge in [0.1, 0.15) is 5.70 Å². The second kappa shape index (κ2) is 4.31. The topological polar surface area (TPSA) is 89.9 Å². The maximum Gasteiger partial charge on any atom is 0.352 e. The highest BCUT2D eigenvalue weighted by Crippen LogP contribution is 2.45. The number of carboxylic acids is 1. The fourth-order valence-electron chi connectivity index (χ4n) is 3.38. The maximum absolute atomic E-state index is 12.0. The van der Waals surface area contributed by atoms with Crippen LogP contribution < -0.4 is 5.32 Å². The van der Waals surface area contributed by atoms with E-state index in [2.05, 4.69) is 5.32 Å². The molecule has 2 saturated heterocycles. The van der Waals surface area contributed by atoms with Crippen molar-refractivity contribution in [3.05, 3.63) is 11.3 Å². The van der Waals surface area contributed by atoms with Gasteiger partial charge >= 0.3 is 5.97 Å². The summed E-state index contributed by atoms with van der Waals surface area (Å²) < 4.78 is 0. The summed E-state index contributed by atoms with van der Waals surface area (Å²) >= 11 is 0. The zero-order chi connectivity index (χ0) is 13.7. The molecule has 0 aliphatic carbocycles. The number of carbonyl (C=O) groups excluding carboxylic acids is 1. The van der Waals surface area contributed by atoms with Gasteiger partial charge in [-0.15, -0.1) is 0 Å². The average molecular weight is 266 g/mol. The smallest absolute Gasteiger partial charge is 0.352 e. The minimum absolute atomic E-state index is 0.151. The van der Waals surface area contributed by atoms with Gasteiger partial charge < -0.3 is 20.4 Å². The first-order chi connectivity index (χ1) is 9.00. The number of nitrogens with zero attached hydrogens (tertiary/aromatic N) is 1. The number of hydrogen-bond acceptors (Lipinski definition) is 4. The summed E-state index contributed by atoms with van der Waals surface area (Å²) in [5, 5.41) is 22.1. The van der Waals surface area contributed by atoms with Gasteiger partial charge in [0.15, 0.2) is 0 Å². The summed E-state index contributed by atoms with van der Waals surface area (Å²) in [6, 6.07) is -0.151. The van der Waals surface area contributed by atoms with Crippen LogP contribution >= 0.6 is 0 Å². The van der Waals surface area contributed by atoms with E-state index in [1.54, 1.807) is 6.92 Å². The van der Waals surface area contributed by atoms with E-state index in [1.807, 2.05) is 0 Å². The van der Waals surface area contributed by atoms with E-state index in [4.69, 9.17) is 0 Å². The maximum atomic E-state index is 12.0. The Bertz CT molecular complexity index is 467. The van der Waals surface area contributed by atoms with Crippen LogP contribution in [0.4, 0.5) is 0 Å². The van der Waals surface area contributed by atoms with Crippen LogP contribution in [0.1, 0.15) is 19.8 Å². The second-order valence-electron chi connectivity index (χ2n) is 5.73. The first-order valence-electron chi connectivity index (χ1n) is 6.68. The van der Waals surface area contributed by atoms with Crippen molar-refractivity contribution < 1.29 is 19.8 Å². The number of aliphatic hydroxyl groups excluding tert-OH is 1. The third kappa shape index (κ3) is 1.78. The van der Waals surface area contributed by atoms with Crippen molar-refractivity contribution in [1.82, 2.24) is 10.2 Å². The summed E-state index contributed by atoms with van der Waals surface area (Å²) in [7, 11) is 0. The SMILES string of the molecule is C[C@@H](O)[C@H]1C(=O)N2C(C(=O)O)=C(CC3CNC3)C[C@H]12. The molecular weight excluding hydrogens is 248 g/mol. The predicted molar refractivity (Wildman–Crippen MR) is 66.1 cm³/mol. The van der Waals surface area contributed by atoms with E-state index in [1.165, 1.54) is 4.90 Å². The van der Waals surface area contributed by atoms with E-state index in [-0.39, 0.29) is 17.6 Å². The molecule has 2 fully saturated rings. The second-order valence-corrected chi connectivity index (χ2v) is 5.73. The Balaban J connectivity index is 1.82. The number of amides is 1. The molecule has 19 heavy (non-hydrogen) atoms. The molecule has 3 aliphatic heterocycles. The number of carboxylic acid groups (broad SMARTS) is 1. The number of rotatable bonds is 4. The number of aliphatic carboxylic acids is 1. The van der Waals surface area contributed by atoms with Gasteiger partial charge in [0, 0.05) is 0 Å². The van der Waals surface area contributed by atoms with Crippen LogP contribution in [0.25, 0.3) is 0 Å². The average Bonchev–Trinajstić information content (AvgIpc) is 2.57. The molecular formula is C13H18N2O4. The largest absolute Gasteiger partial charge is 0.477 e. The van der Waals surface area contributed by atoms with E-state index >= 15 is 0 Å². The molecule has 0 aromatic heterocycles. The Morgan fingerprint density at radius 1 is 1.53 bits per heavy atom. The van der Waals surface area contributed by atoms with E-state index in [0.717, 1.165) is 25.1 Å². The molecule has 0 bridgehead atoms. The lowest BCUT2D eigenvalue weighted by Gasteiger charge is -2.44. The van der Waals surface area contributed by atoms with Gasteiger partial charge in [0.25, 0.3) is 0 Å². The number of hydrogen-bond donors (Lipinski definition) is 3. The lowest BCUT2D eigenvalue weighted by Crippen LogP contribution is -2.61. The molecule has 3 N–H and O–H groups in total. The number of β-lactam (4-membered cyclic amide) rings is 1. The summed E-state index contributed by atoms with van der Waals surface area (Å²) in [5.41, 5.74) is 1.03. The summed E-state index contributed by atoms with van der Waals surface area (Å²) in [5.74, 6) is -1.24. The van der Waals surface area contributed by atoms with Gasteiger partial charge in [0.2, 0.25) is 5.91 Å². The highest BCUT2D eigenvalue weighted by molar-refractivity contribution is 5.99. The van der Waals surface area contributed by atoms with Crippen molar-refractivity contribution in [2.24, 2.45) is 11.8 Å². The molecule has 6 nitrogen and oxygen atoms in total. The van der Waals surface area contributed by atoms with Gasteiger partial charge in [0.05, 0.1) is 18.1 Å². The molecule has 3 heterocycles. The number of fused-ring (bicyclic) bond motifs is 1. The van der Waals surface area contributed by atoms with Crippen LogP contribution in [0.5, 0.6) is 0 Å². The van der Waals surface area contributed by atoms with Crippen LogP contribution in [0.15, 0.2) is 11.3 Å². The first kappa shape index (κ1) is 12.6. The third-order valence-corrected chi connectivity index (χ3v) is 4.42. The molecule has 1 amide bonds. The van der Waals surface area contributed by atoms with Crippen molar-refractivity contribution >= 4 is 11.9 Å². The predicted octanol–water partition coefficient (Wildman–Crippen LogP) is -0.454. The van der Waals surface area contributed by atoms with Gasteiger partial charge in [-0.1, -0.05) is 0 Å². The monoisotopic (exact) mass is 266 g/mol. The summed E-state index contributed by atoms with van der Waals surface area (Å²) in [4.78, 5) is 24.7. The fraction of sp³-hybridized carbons (Fsp3) is 0.692. The third-order valence-electron chi connectivity index (χ3n) is 4.42. The molecule has 0 spiro atoms. The minimum Gasteiger partial charge on any atom is -0.477 e. The van der Waals surface area contributed by atoms with Gasteiger partial charge in [-0.05, 0) is 44.3 Å². The summed E-state index contributed by atoms with van der Waals surface area (Å²) in [6.07, 6.45) is 0.620.